The standard InChI is InChI=1S/C72H94Cl2N11O22PS2/c1-44(2)65(79-56(86)18-23-99-25-27-101-29-31-103-33-34-104-32-30-102-28-26-100-24-22-83-59(89)16-17-60(83)90)69(92)78-51(9-8-19-76-70(75)93)68(91)77-50-14-12-47(13-15-50)41-105-71(94)81(5)20-21-82(6)72(95)106-54-35-52-63(61-45(3)42-109-66(54)61)48(37-73)39-84(52)57(87)10-7-11-58(88)85-40-49(38-74)64-53(85)36-55(107-108(97,98)80-96)67-62(64)46(4)43-110-67/h12-17,35-36,42-44,48-49,51,65,97-98H,7-11,18-34,37-41H2,1-6H3,(H5-,75,76,77,78,79,86,91,92,93)/p+1/t48-,49-,51+,65+/m1/s1. The largest absolute Gasteiger partial charge is 0.633 e. The second-order valence-corrected chi connectivity index (χ2v) is 30.2. The molecule has 110 heavy (non-hydrogen) atoms. The van der Waals surface area contributed by atoms with E-state index in [1.165, 1.54) is 64.8 Å². The van der Waals surface area contributed by atoms with Crippen LogP contribution in [0.4, 0.5) is 31.4 Å². The molecule has 0 bridgehead atoms. The number of carbonyl (C=O) groups is 10. The van der Waals surface area contributed by atoms with Gasteiger partial charge in [0.15, 0.2) is 5.75 Å². The number of aryl methyl sites for hydroxylation is 2. The highest BCUT2D eigenvalue weighted by Crippen LogP contribution is 2.57. The molecule has 0 unspecified atom stereocenters. The lowest BCUT2D eigenvalue weighted by Crippen LogP contribution is -2.54. The molecule has 8 rings (SSSR count). The van der Waals surface area contributed by atoms with Gasteiger partial charge in [-0.25, -0.2) is 14.4 Å². The number of nitrogens with two attached hydrogens (primary N) is 1. The molecule has 4 atom stereocenters. The molecule has 600 valence electrons. The predicted octanol–water partition coefficient (Wildman–Crippen LogP) is 7.88. The topological polar surface area (TPSA) is 414 Å². The first-order valence-corrected chi connectivity index (χ1v) is 40.2. The summed E-state index contributed by atoms with van der Waals surface area (Å²) in [6, 6.07) is 6.69. The average molecular weight is 1630 g/mol. The number of nitrogens with one attached hydrogen (secondary N) is 4. The summed E-state index contributed by atoms with van der Waals surface area (Å²) >= 11 is 15.7. The Labute approximate surface area is 654 Å². The van der Waals surface area contributed by atoms with E-state index >= 15 is 0 Å². The Bertz CT molecular complexity index is 4080. The number of rotatable bonds is 46. The van der Waals surface area contributed by atoms with E-state index in [-0.39, 0.29) is 175 Å². The van der Waals surface area contributed by atoms with Gasteiger partial charge in [0.2, 0.25) is 40.2 Å². The third-order valence-corrected chi connectivity index (χ3v) is 21.7. The summed E-state index contributed by atoms with van der Waals surface area (Å²) < 4.78 is 51.1. The monoisotopic (exact) mass is 1630 g/mol. The number of urea groups is 1. The molecule has 3 aromatic carbocycles. The molecule has 0 saturated heterocycles. The second kappa shape index (κ2) is 42.9. The van der Waals surface area contributed by atoms with Crippen molar-refractivity contribution in [2.75, 3.05) is 160 Å². The van der Waals surface area contributed by atoms with Crippen LogP contribution in [-0.2, 0) is 73.3 Å². The Morgan fingerprint density at radius 2 is 1.15 bits per heavy atom. The number of anilines is 3. The van der Waals surface area contributed by atoms with Crippen molar-refractivity contribution in [1.29, 1.82) is 0 Å². The Morgan fingerprint density at radius 1 is 0.664 bits per heavy atom. The molecule has 33 nitrogen and oxygen atoms in total. The number of hydrogen-bond donors (Lipinski definition) is 7. The van der Waals surface area contributed by atoms with Crippen molar-refractivity contribution in [3.05, 3.63) is 92.0 Å². The van der Waals surface area contributed by atoms with Gasteiger partial charge >= 0.3 is 26.3 Å². The second-order valence-electron chi connectivity index (χ2n) is 26.4. The molecule has 2 aromatic heterocycles. The zero-order valence-corrected chi connectivity index (χ0v) is 66.1. The number of carbonyl (C=O) groups excluding carboxylic acids is 10. The third kappa shape index (κ3) is 24.6. The van der Waals surface area contributed by atoms with E-state index in [4.69, 9.17) is 71.4 Å². The quantitative estimate of drug-likeness (QED) is 0.00640. The average Bonchev–Trinajstić information content (AvgIpc) is 1.59. The summed E-state index contributed by atoms with van der Waals surface area (Å²) in [5, 5.41) is 16.1. The lowest BCUT2D eigenvalue weighted by atomic mass is 9.97. The van der Waals surface area contributed by atoms with Crippen LogP contribution in [0.3, 0.4) is 0 Å². The zero-order chi connectivity index (χ0) is 79.6. The SMILES string of the molecule is Cc1csc2c(OC(=O)N(C)CCN(C)C(=O)OCc3ccc(NC(=O)[C@H](CCCNC(N)=O)NC(=O)[C@@H](NC(=O)CCOCCOCCOCCOCCOCCOCCN4C(=O)C=CC4=O)C(C)C)cc3)cc3c(c12)[C@H](CCl)CN3C(=O)CCCC(=O)N1C[C@@H](CCl)c2c1cc(O[P+](O)(O)N=O)c1scc(C)c21. The Hall–Kier alpha value is -8.29. The van der Waals surface area contributed by atoms with E-state index in [1.54, 1.807) is 54.0 Å². The number of hydrogen-bond acceptors (Lipinski definition) is 25. The van der Waals surface area contributed by atoms with Crippen LogP contribution in [0, 0.1) is 24.7 Å². The zero-order valence-electron chi connectivity index (χ0n) is 62.1. The van der Waals surface area contributed by atoms with Crippen LogP contribution >= 0.6 is 54.0 Å². The number of alkyl halides is 2. The lowest BCUT2D eigenvalue weighted by Gasteiger charge is -2.25. The van der Waals surface area contributed by atoms with Gasteiger partial charge in [0.25, 0.3) is 11.8 Å². The number of fused-ring (bicyclic) bond motifs is 6. The molecular formula is C72H95Cl2N11O22PS2+. The Kier molecular flexibility index (Phi) is 34.1. The number of imide groups is 1. The molecule has 11 amide bonds. The highest BCUT2D eigenvalue weighted by Gasteiger charge is 2.45. The number of benzene rings is 3. The number of thiophene rings is 2. The Morgan fingerprint density at radius 3 is 1.65 bits per heavy atom. The molecule has 5 heterocycles. The number of ether oxygens (including phenoxy) is 8. The first-order chi connectivity index (χ1) is 52.7. The number of nitrogens with zero attached hydrogens (tertiary/aromatic N) is 6. The first-order valence-electron chi connectivity index (χ1n) is 35.8. The predicted molar refractivity (Wildman–Crippen MR) is 414 cm³/mol. The summed E-state index contributed by atoms with van der Waals surface area (Å²) in [7, 11) is -1.63. The Balaban J connectivity index is 0.732. The number of likely N-dealkylation sites (N-methyl/N-ethyl adjacent to an activating group) is 2. The van der Waals surface area contributed by atoms with E-state index in [0.29, 0.717) is 84.9 Å². The number of amides is 11. The normalized spacial score (nSPS) is 15.1. The molecule has 0 radical (unpaired) electrons. The molecular weight excluding hydrogens is 1540 g/mol. The van der Waals surface area contributed by atoms with Crippen molar-refractivity contribution in [2.24, 2.45) is 16.6 Å². The van der Waals surface area contributed by atoms with E-state index < -0.39 is 56.1 Å². The fraction of sp³-hybridized carbons (Fsp3) is 0.528. The maximum Gasteiger partial charge on any atom is 0.633 e. The van der Waals surface area contributed by atoms with Crippen LogP contribution in [0.1, 0.15) is 92.0 Å². The maximum atomic E-state index is 14.3. The minimum Gasteiger partial charge on any atom is -0.445 e. The van der Waals surface area contributed by atoms with Gasteiger partial charge in [-0.2, -0.15) is 9.79 Å². The molecule has 5 aromatic rings. The van der Waals surface area contributed by atoms with Gasteiger partial charge in [-0.3, -0.25) is 43.0 Å². The smallest absolute Gasteiger partial charge is 0.445 e. The van der Waals surface area contributed by atoms with Gasteiger partial charge in [0.1, 0.15) is 18.7 Å². The van der Waals surface area contributed by atoms with Gasteiger partial charge in [0, 0.05) is 130 Å². The highest BCUT2D eigenvalue weighted by molar-refractivity contribution is 7.58. The summed E-state index contributed by atoms with van der Waals surface area (Å²) in [5.41, 5.74) is 10.5. The van der Waals surface area contributed by atoms with Gasteiger partial charge in [0.05, 0.1) is 107 Å². The van der Waals surface area contributed by atoms with Crippen LogP contribution in [0.5, 0.6) is 11.5 Å². The van der Waals surface area contributed by atoms with Crippen molar-refractivity contribution >= 4 is 151 Å². The molecule has 8 N–H and O–H groups in total. The molecule has 0 saturated carbocycles. The molecule has 0 fully saturated rings. The number of nitroso groups, excluding NO2 is 1. The van der Waals surface area contributed by atoms with Crippen LogP contribution in [0.15, 0.2) is 64.3 Å². The van der Waals surface area contributed by atoms with Crippen molar-refractivity contribution in [3.63, 3.8) is 0 Å². The molecule has 0 aliphatic carbocycles. The van der Waals surface area contributed by atoms with Crippen LogP contribution in [0.25, 0.3) is 20.2 Å². The fourth-order valence-corrected chi connectivity index (χ4v) is 15.4. The van der Waals surface area contributed by atoms with Crippen molar-refractivity contribution in [2.45, 2.75) is 96.7 Å². The van der Waals surface area contributed by atoms with Crippen molar-refractivity contribution < 1.29 is 100 Å². The minimum atomic E-state index is -4.65. The first kappa shape index (κ1) is 87.3. The maximum absolute atomic E-state index is 14.3. The van der Waals surface area contributed by atoms with Gasteiger partial charge in [-0.05, 0) is 89.7 Å². The third-order valence-electron chi connectivity index (χ3n) is 18.0. The minimum absolute atomic E-state index is 0.00879. The highest BCUT2D eigenvalue weighted by atomic mass is 35.5. The van der Waals surface area contributed by atoms with Crippen molar-refractivity contribution in [3.8, 4) is 11.5 Å². The van der Waals surface area contributed by atoms with Gasteiger partial charge in [-0.15, -0.1) is 45.9 Å². The summed E-state index contributed by atoms with van der Waals surface area (Å²) in [6.45, 7) is 11.4. The summed E-state index contributed by atoms with van der Waals surface area (Å²) in [6.07, 6.45) is 1.39. The van der Waals surface area contributed by atoms with E-state index in [0.717, 1.165) is 37.9 Å². The number of halogens is 2. The summed E-state index contributed by atoms with van der Waals surface area (Å²) in [5.74, 6) is -3.28. The van der Waals surface area contributed by atoms with Crippen LogP contribution in [-0.4, -0.2) is 241 Å². The number of primary amides is 1. The van der Waals surface area contributed by atoms with Gasteiger partial charge < -0.3 is 84.5 Å². The molecule has 3 aliphatic heterocycles. The van der Waals surface area contributed by atoms with Crippen LogP contribution in [0.2, 0.25) is 0 Å². The molecule has 3 aliphatic rings. The fourth-order valence-electron chi connectivity index (χ4n) is 12.3. The van der Waals surface area contributed by atoms with E-state index in [2.05, 4.69) is 26.2 Å². The van der Waals surface area contributed by atoms with E-state index in [1.807, 2.05) is 24.6 Å². The molecule has 0 spiro atoms. The van der Waals surface area contributed by atoms with Crippen molar-refractivity contribution in [1.82, 2.24) is 30.7 Å². The van der Waals surface area contributed by atoms with Crippen LogP contribution < -0.4 is 46.1 Å². The lowest BCUT2D eigenvalue weighted by molar-refractivity contribution is -0.138. The van der Waals surface area contributed by atoms with E-state index in [9.17, 15) is 62.6 Å². The van der Waals surface area contributed by atoms with Gasteiger partial charge in [-0.1, -0.05) is 30.9 Å². The molecule has 38 heteroatoms. The summed E-state index contributed by atoms with van der Waals surface area (Å²) in [4.78, 5) is 171.